The van der Waals surface area contributed by atoms with Crippen LogP contribution in [0.4, 0.5) is 11.4 Å². The zero-order valence-corrected chi connectivity index (χ0v) is 18.2. The normalized spacial score (nSPS) is 30.7. The molecule has 1 amide bonds. The van der Waals surface area contributed by atoms with Gasteiger partial charge in [-0.25, -0.2) is 8.42 Å². The molecule has 0 spiro atoms. The predicted octanol–water partition coefficient (Wildman–Crippen LogP) is 3.13. The largest absolute Gasteiger partial charge is 0.371 e. The number of hydrogen-bond acceptors (Lipinski definition) is 6. The van der Waals surface area contributed by atoms with Crippen LogP contribution in [0.25, 0.3) is 0 Å². The number of benzene rings is 1. The highest BCUT2D eigenvalue weighted by molar-refractivity contribution is 7.90. The second kappa shape index (κ2) is 7.51. The number of carbonyl (C=O) groups excluding carboxylic acids is 1. The minimum absolute atomic E-state index is 0.0720. The first-order chi connectivity index (χ1) is 14.1. The lowest BCUT2D eigenvalue weighted by atomic mass is 9.48. The van der Waals surface area contributed by atoms with Crippen LogP contribution in [0.5, 0.6) is 0 Å². The van der Waals surface area contributed by atoms with E-state index < -0.39 is 14.8 Å². The van der Waals surface area contributed by atoms with E-state index in [1.165, 1.54) is 50.7 Å². The lowest BCUT2D eigenvalue weighted by molar-refractivity contribution is -0.384. The fourth-order valence-corrected chi connectivity index (χ4v) is 7.01. The summed E-state index contributed by atoms with van der Waals surface area (Å²) in [6.45, 7) is 1.99. The maximum absolute atomic E-state index is 12.6. The molecule has 8 nitrogen and oxygen atoms in total. The zero-order valence-electron chi connectivity index (χ0n) is 17.4. The smallest absolute Gasteiger partial charge is 0.293 e. The summed E-state index contributed by atoms with van der Waals surface area (Å²) in [7, 11) is -3.56. The van der Waals surface area contributed by atoms with Gasteiger partial charge in [-0.3, -0.25) is 14.9 Å². The summed E-state index contributed by atoms with van der Waals surface area (Å²) in [5.41, 5.74) is -0.0436. The van der Waals surface area contributed by atoms with Gasteiger partial charge in [0.25, 0.3) is 5.69 Å². The molecule has 1 atom stereocenters. The Bertz CT molecular complexity index is 940. The molecule has 2 N–H and O–H groups in total. The van der Waals surface area contributed by atoms with Crippen LogP contribution in [0.2, 0.25) is 0 Å². The predicted molar refractivity (Wildman–Crippen MR) is 113 cm³/mol. The summed E-state index contributed by atoms with van der Waals surface area (Å²) in [4.78, 5) is 23.2. The molecule has 4 saturated carbocycles. The Labute approximate surface area is 176 Å². The molecule has 4 aliphatic rings. The molecule has 0 radical (unpaired) electrons. The van der Waals surface area contributed by atoms with E-state index in [1.807, 2.05) is 0 Å². The number of nitro groups is 1. The van der Waals surface area contributed by atoms with Crippen molar-refractivity contribution in [3.8, 4) is 0 Å². The van der Waals surface area contributed by atoms with E-state index in [4.69, 9.17) is 0 Å². The monoisotopic (exact) mass is 435 g/mol. The number of rotatable bonds is 7. The van der Waals surface area contributed by atoms with Crippen LogP contribution in [0, 0.1) is 33.3 Å². The lowest BCUT2D eigenvalue weighted by Gasteiger charge is -2.59. The van der Waals surface area contributed by atoms with E-state index in [-0.39, 0.29) is 40.2 Å². The molecule has 0 aromatic heterocycles. The lowest BCUT2D eigenvalue weighted by Crippen LogP contribution is -2.56. The molecular formula is C21H29N3O5S. The van der Waals surface area contributed by atoms with E-state index in [9.17, 15) is 23.3 Å². The van der Waals surface area contributed by atoms with E-state index in [2.05, 4.69) is 17.6 Å². The fourth-order valence-electron chi connectivity index (χ4n) is 6.37. The molecule has 4 bridgehead atoms. The van der Waals surface area contributed by atoms with Gasteiger partial charge in [0.1, 0.15) is 5.69 Å². The number of carbonyl (C=O) groups is 1. The average Bonchev–Trinajstić information content (AvgIpc) is 2.64. The van der Waals surface area contributed by atoms with E-state index >= 15 is 0 Å². The molecule has 164 valence electrons. The Morgan fingerprint density at radius 1 is 1.20 bits per heavy atom. The minimum Gasteiger partial charge on any atom is -0.371 e. The van der Waals surface area contributed by atoms with Gasteiger partial charge in [0.2, 0.25) is 5.91 Å². The van der Waals surface area contributed by atoms with Crippen LogP contribution in [0.15, 0.2) is 23.1 Å². The van der Waals surface area contributed by atoms with Gasteiger partial charge >= 0.3 is 0 Å². The number of anilines is 1. The molecule has 1 aromatic rings. The van der Waals surface area contributed by atoms with Crippen LogP contribution in [0.3, 0.4) is 0 Å². The summed E-state index contributed by atoms with van der Waals surface area (Å²) in [6.07, 6.45) is 8.58. The highest BCUT2D eigenvalue weighted by Gasteiger charge is 2.53. The Morgan fingerprint density at radius 2 is 1.77 bits per heavy atom. The average molecular weight is 436 g/mol. The van der Waals surface area contributed by atoms with Crippen LogP contribution in [0.1, 0.15) is 45.4 Å². The van der Waals surface area contributed by atoms with Gasteiger partial charge in [0.05, 0.1) is 16.4 Å². The molecule has 0 unspecified atom stereocenters. The van der Waals surface area contributed by atoms with Crippen molar-refractivity contribution in [3.63, 3.8) is 0 Å². The highest BCUT2D eigenvalue weighted by atomic mass is 32.2. The first-order valence-electron chi connectivity index (χ1n) is 10.6. The summed E-state index contributed by atoms with van der Waals surface area (Å²) in [6, 6.07) is 3.74. The molecule has 4 fully saturated rings. The van der Waals surface area contributed by atoms with Gasteiger partial charge in [-0.05, 0) is 80.8 Å². The zero-order chi connectivity index (χ0) is 21.7. The Balaban J connectivity index is 1.40. The van der Waals surface area contributed by atoms with Crippen molar-refractivity contribution in [1.29, 1.82) is 0 Å². The molecule has 4 aliphatic carbocycles. The third kappa shape index (κ3) is 4.04. The summed E-state index contributed by atoms with van der Waals surface area (Å²) >= 11 is 0. The molecule has 9 heteroatoms. The van der Waals surface area contributed by atoms with Gasteiger partial charge < -0.3 is 10.6 Å². The van der Waals surface area contributed by atoms with Crippen LogP contribution < -0.4 is 10.6 Å². The number of nitrogens with zero attached hydrogens (tertiary/aromatic N) is 1. The second-order valence-electron chi connectivity index (χ2n) is 9.63. The quantitative estimate of drug-likeness (QED) is 0.502. The van der Waals surface area contributed by atoms with Gasteiger partial charge in [0, 0.05) is 18.4 Å². The van der Waals surface area contributed by atoms with E-state index in [0.717, 1.165) is 30.1 Å². The Hall–Kier alpha value is -2.16. The van der Waals surface area contributed by atoms with Gasteiger partial charge in [-0.15, -0.1) is 0 Å². The van der Waals surface area contributed by atoms with Crippen molar-refractivity contribution in [3.05, 3.63) is 28.3 Å². The molecule has 0 saturated heterocycles. The van der Waals surface area contributed by atoms with E-state index in [0.29, 0.717) is 0 Å². The molecular weight excluding hydrogens is 406 g/mol. The first kappa shape index (κ1) is 21.1. The summed E-state index contributed by atoms with van der Waals surface area (Å²) < 4.78 is 23.3. The second-order valence-corrected chi connectivity index (χ2v) is 11.6. The van der Waals surface area contributed by atoms with Crippen molar-refractivity contribution in [2.45, 2.75) is 56.4 Å². The number of hydrogen-bond donors (Lipinski definition) is 2. The van der Waals surface area contributed by atoms with Crippen molar-refractivity contribution in [2.24, 2.45) is 23.2 Å². The fraction of sp³-hybridized carbons (Fsp3) is 0.667. The highest BCUT2D eigenvalue weighted by Crippen LogP contribution is 2.61. The van der Waals surface area contributed by atoms with Crippen molar-refractivity contribution in [1.82, 2.24) is 5.32 Å². The van der Waals surface area contributed by atoms with Crippen molar-refractivity contribution in [2.75, 3.05) is 18.1 Å². The number of amides is 1. The van der Waals surface area contributed by atoms with E-state index in [1.54, 1.807) is 0 Å². The number of sulfone groups is 1. The van der Waals surface area contributed by atoms with Crippen LogP contribution in [-0.4, -0.2) is 38.1 Å². The molecule has 30 heavy (non-hydrogen) atoms. The first-order valence-corrected chi connectivity index (χ1v) is 12.5. The maximum Gasteiger partial charge on any atom is 0.293 e. The standard InChI is InChI=1S/C21H29N3O5S/c1-13(21-9-14-5-15(10-21)7-16(6-14)11-21)23-20(25)12-22-18-4-3-17(30(2,28)29)8-19(18)24(26)27/h3-4,8,13-16,22H,5-7,9-12H2,1-2H3,(H,23,25)/t13-,14?,15?,16?,21?/m1/s1. The van der Waals surface area contributed by atoms with Crippen LogP contribution >= 0.6 is 0 Å². The Kier molecular flexibility index (Phi) is 5.28. The van der Waals surface area contributed by atoms with Gasteiger partial charge in [0.15, 0.2) is 9.84 Å². The molecule has 5 rings (SSSR count). The van der Waals surface area contributed by atoms with Gasteiger partial charge in [-0.2, -0.15) is 0 Å². The maximum atomic E-state index is 12.6. The summed E-state index contributed by atoms with van der Waals surface area (Å²) in [5.74, 6) is 2.18. The SMILES string of the molecule is C[C@@H](NC(=O)CNc1ccc(S(C)(=O)=O)cc1[N+](=O)[O-])C12CC3CC(CC(C3)C1)C2. The third-order valence-corrected chi connectivity index (χ3v) is 8.53. The van der Waals surface area contributed by atoms with Crippen LogP contribution in [-0.2, 0) is 14.6 Å². The topological polar surface area (TPSA) is 118 Å². The number of nitrogens with one attached hydrogen (secondary N) is 2. The molecule has 0 aliphatic heterocycles. The summed E-state index contributed by atoms with van der Waals surface area (Å²) in [5, 5.41) is 17.3. The minimum atomic E-state index is -3.56. The van der Waals surface area contributed by atoms with Crippen molar-refractivity contribution < 1.29 is 18.1 Å². The molecule has 0 heterocycles. The molecule has 1 aromatic carbocycles. The Morgan fingerprint density at radius 3 is 2.27 bits per heavy atom. The third-order valence-electron chi connectivity index (χ3n) is 7.42. The van der Waals surface area contributed by atoms with Crippen molar-refractivity contribution >= 4 is 27.1 Å². The number of nitro benzene ring substituents is 1. The van der Waals surface area contributed by atoms with Gasteiger partial charge in [-0.1, -0.05) is 0 Å².